The van der Waals surface area contributed by atoms with Crippen molar-refractivity contribution in [2.24, 2.45) is 0 Å². The molecule has 96 valence electrons. The number of rotatable bonds is 7. The molecule has 6 nitrogen and oxygen atoms in total. The first kappa shape index (κ1) is 13.7. The van der Waals surface area contributed by atoms with Crippen LogP contribution in [0.3, 0.4) is 0 Å². The van der Waals surface area contributed by atoms with E-state index in [-0.39, 0.29) is 5.91 Å². The van der Waals surface area contributed by atoms with Crippen LogP contribution >= 0.6 is 0 Å². The van der Waals surface area contributed by atoms with Crippen LogP contribution in [0, 0.1) is 6.92 Å². The number of aromatic nitrogens is 1. The fraction of sp³-hybridized carbons (Fsp3) is 0.636. The second-order valence-electron chi connectivity index (χ2n) is 3.60. The molecule has 0 fully saturated rings. The quantitative estimate of drug-likeness (QED) is 0.704. The lowest BCUT2D eigenvalue weighted by Crippen LogP contribution is -2.36. The van der Waals surface area contributed by atoms with Crippen molar-refractivity contribution >= 4 is 5.91 Å². The number of carbonyl (C=O) groups excluding carboxylic acids is 1. The second-order valence-corrected chi connectivity index (χ2v) is 3.60. The third kappa shape index (κ3) is 4.16. The number of carbonyl (C=O) groups is 1. The van der Waals surface area contributed by atoms with Crippen LogP contribution in [0.25, 0.3) is 0 Å². The van der Waals surface area contributed by atoms with Gasteiger partial charge in [0.2, 0.25) is 0 Å². The van der Waals surface area contributed by atoms with Gasteiger partial charge in [-0.25, -0.2) is 0 Å². The molecule has 0 saturated carbocycles. The van der Waals surface area contributed by atoms with E-state index in [1.54, 1.807) is 32.1 Å². The Labute approximate surface area is 100 Å². The zero-order valence-corrected chi connectivity index (χ0v) is 10.4. The number of hydrogen-bond donors (Lipinski definition) is 0. The van der Waals surface area contributed by atoms with Crippen molar-refractivity contribution < 1.29 is 18.8 Å². The van der Waals surface area contributed by atoms with Crippen LogP contribution in [0.4, 0.5) is 0 Å². The summed E-state index contributed by atoms with van der Waals surface area (Å²) in [5, 5.41) is 3.70. The largest absolute Gasteiger partial charge is 0.383 e. The summed E-state index contributed by atoms with van der Waals surface area (Å²) in [6.45, 7) is 3.71. The van der Waals surface area contributed by atoms with Gasteiger partial charge in [-0.2, -0.15) is 0 Å². The summed E-state index contributed by atoms with van der Waals surface area (Å²) in [5.74, 6) is 0.447. The average Bonchev–Trinajstić information content (AvgIpc) is 2.75. The number of hydrogen-bond acceptors (Lipinski definition) is 5. The Morgan fingerprint density at radius 1 is 1.35 bits per heavy atom. The fourth-order valence-electron chi connectivity index (χ4n) is 1.35. The number of amides is 1. The van der Waals surface area contributed by atoms with Gasteiger partial charge < -0.3 is 18.9 Å². The first-order valence-electron chi connectivity index (χ1n) is 5.39. The van der Waals surface area contributed by atoms with Gasteiger partial charge in [-0.05, 0) is 6.92 Å². The van der Waals surface area contributed by atoms with Crippen LogP contribution in [0.1, 0.15) is 16.2 Å². The lowest BCUT2D eigenvalue weighted by atomic mass is 10.3. The Balaban J connectivity index is 2.64. The van der Waals surface area contributed by atoms with Gasteiger partial charge in [0, 0.05) is 33.4 Å². The molecule has 0 aliphatic rings. The number of ether oxygens (including phenoxy) is 2. The molecule has 0 N–H and O–H groups in total. The minimum absolute atomic E-state index is 0.170. The standard InChI is InChI=1S/C11H18N2O4/c1-9-8-10(12-17-9)11(14)13(4-6-15-2)5-7-16-3/h8H,4-7H2,1-3H3. The molecule has 0 spiro atoms. The highest BCUT2D eigenvalue weighted by atomic mass is 16.5. The third-order valence-corrected chi connectivity index (χ3v) is 2.26. The van der Waals surface area contributed by atoms with E-state index in [1.165, 1.54) is 0 Å². The van der Waals surface area contributed by atoms with E-state index in [9.17, 15) is 4.79 Å². The smallest absolute Gasteiger partial charge is 0.276 e. The zero-order chi connectivity index (χ0) is 12.7. The van der Waals surface area contributed by atoms with E-state index in [1.807, 2.05) is 0 Å². The summed E-state index contributed by atoms with van der Waals surface area (Å²) in [5.41, 5.74) is 0.315. The van der Waals surface area contributed by atoms with Gasteiger partial charge in [0.15, 0.2) is 5.69 Å². The molecule has 0 saturated heterocycles. The monoisotopic (exact) mass is 242 g/mol. The Kier molecular flexibility index (Phi) is 5.65. The minimum atomic E-state index is -0.170. The molecule has 0 aromatic carbocycles. The van der Waals surface area contributed by atoms with Crippen molar-refractivity contribution in [2.75, 3.05) is 40.5 Å². The SMILES string of the molecule is COCCN(CCOC)C(=O)c1cc(C)on1. The Morgan fingerprint density at radius 2 is 1.94 bits per heavy atom. The van der Waals surface area contributed by atoms with Gasteiger partial charge in [0.25, 0.3) is 5.91 Å². The molecule has 6 heteroatoms. The third-order valence-electron chi connectivity index (χ3n) is 2.26. The first-order chi connectivity index (χ1) is 8.19. The molecule has 0 aliphatic heterocycles. The predicted molar refractivity (Wildman–Crippen MR) is 60.9 cm³/mol. The number of aryl methyl sites for hydroxylation is 1. The minimum Gasteiger partial charge on any atom is -0.383 e. The molecule has 0 radical (unpaired) electrons. The van der Waals surface area contributed by atoms with Gasteiger partial charge >= 0.3 is 0 Å². The van der Waals surface area contributed by atoms with Crippen LogP contribution in [-0.2, 0) is 9.47 Å². The zero-order valence-electron chi connectivity index (χ0n) is 10.4. The van der Waals surface area contributed by atoms with Crippen LogP contribution in [0.2, 0.25) is 0 Å². The highest BCUT2D eigenvalue weighted by Gasteiger charge is 2.18. The summed E-state index contributed by atoms with van der Waals surface area (Å²) in [4.78, 5) is 13.7. The molecule has 0 bridgehead atoms. The van der Waals surface area contributed by atoms with Crippen molar-refractivity contribution in [2.45, 2.75) is 6.92 Å². The summed E-state index contributed by atoms with van der Waals surface area (Å²) >= 11 is 0. The Morgan fingerprint density at radius 3 is 2.35 bits per heavy atom. The van der Waals surface area contributed by atoms with Crippen LogP contribution in [0.5, 0.6) is 0 Å². The van der Waals surface area contributed by atoms with Gasteiger partial charge in [0.05, 0.1) is 13.2 Å². The van der Waals surface area contributed by atoms with Crippen molar-refractivity contribution in [1.29, 1.82) is 0 Å². The molecule has 1 aromatic heterocycles. The van der Waals surface area contributed by atoms with E-state index in [0.29, 0.717) is 37.8 Å². The maximum atomic E-state index is 12.1. The van der Waals surface area contributed by atoms with Crippen LogP contribution in [0.15, 0.2) is 10.6 Å². The van der Waals surface area contributed by atoms with Crippen molar-refractivity contribution in [1.82, 2.24) is 10.1 Å². The Hall–Kier alpha value is -1.40. The highest BCUT2D eigenvalue weighted by molar-refractivity contribution is 5.92. The normalized spacial score (nSPS) is 10.5. The van der Waals surface area contributed by atoms with Gasteiger partial charge in [0.1, 0.15) is 5.76 Å². The maximum Gasteiger partial charge on any atom is 0.276 e. The molecule has 0 atom stereocenters. The molecule has 17 heavy (non-hydrogen) atoms. The topological polar surface area (TPSA) is 64.8 Å². The van der Waals surface area contributed by atoms with E-state index in [0.717, 1.165) is 0 Å². The van der Waals surface area contributed by atoms with Crippen molar-refractivity contribution in [3.05, 3.63) is 17.5 Å². The van der Waals surface area contributed by atoms with Gasteiger partial charge in [-0.3, -0.25) is 4.79 Å². The van der Waals surface area contributed by atoms with E-state index in [4.69, 9.17) is 14.0 Å². The predicted octanol–water partition coefficient (Wildman–Crippen LogP) is 0.718. The fourth-order valence-corrected chi connectivity index (χ4v) is 1.35. The maximum absolute atomic E-state index is 12.1. The van der Waals surface area contributed by atoms with Gasteiger partial charge in [-0.15, -0.1) is 0 Å². The molecule has 0 aliphatic carbocycles. The lowest BCUT2D eigenvalue weighted by Gasteiger charge is -2.20. The molecular weight excluding hydrogens is 224 g/mol. The lowest BCUT2D eigenvalue weighted by molar-refractivity contribution is 0.0617. The average molecular weight is 242 g/mol. The first-order valence-corrected chi connectivity index (χ1v) is 5.39. The van der Waals surface area contributed by atoms with Crippen molar-refractivity contribution in [3.8, 4) is 0 Å². The van der Waals surface area contributed by atoms with Gasteiger partial charge in [-0.1, -0.05) is 5.16 Å². The molecule has 1 aromatic rings. The second kappa shape index (κ2) is 7.03. The summed E-state index contributed by atoms with van der Waals surface area (Å²) in [6.07, 6.45) is 0. The molecule has 1 heterocycles. The molecular formula is C11H18N2O4. The molecule has 0 unspecified atom stereocenters. The van der Waals surface area contributed by atoms with Crippen LogP contribution < -0.4 is 0 Å². The summed E-state index contributed by atoms with van der Waals surface area (Å²) < 4.78 is 14.8. The van der Waals surface area contributed by atoms with E-state index >= 15 is 0 Å². The summed E-state index contributed by atoms with van der Waals surface area (Å²) in [7, 11) is 3.19. The van der Waals surface area contributed by atoms with Crippen molar-refractivity contribution in [3.63, 3.8) is 0 Å². The van der Waals surface area contributed by atoms with E-state index < -0.39 is 0 Å². The number of methoxy groups -OCH3 is 2. The Bertz CT molecular complexity index is 343. The van der Waals surface area contributed by atoms with Crippen LogP contribution in [-0.4, -0.2) is 56.5 Å². The highest BCUT2D eigenvalue weighted by Crippen LogP contribution is 2.06. The molecule has 1 amide bonds. The van der Waals surface area contributed by atoms with E-state index in [2.05, 4.69) is 5.16 Å². The summed E-state index contributed by atoms with van der Waals surface area (Å²) in [6, 6.07) is 1.62. The molecule has 1 rings (SSSR count). The number of nitrogens with zero attached hydrogens (tertiary/aromatic N) is 2.